The highest BCUT2D eigenvalue weighted by Gasteiger charge is 2.27. The molecule has 2 fully saturated rings. The highest BCUT2D eigenvalue weighted by atomic mass is 16.5. The first kappa shape index (κ1) is 17.5. The molecule has 3 rings (SSSR count). The number of carbonyl (C=O) groups excluding carboxylic acids is 1. The molecule has 1 saturated carbocycles. The summed E-state index contributed by atoms with van der Waals surface area (Å²) in [7, 11) is 0. The van der Waals surface area contributed by atoms with E-state index in [0.717, 1.165) is 6.42 Å². The molecular formula is C18H24N2O5. The van der Waals surface area contributed by atoms with Gasteiger partial charge in [0.15, 0.2) is 0 Å². The molecule has 25 heavy (non-hydrogen) atoms. The summed E-state index contributed by atoms with van der Waals surface area (Å²) >= 11 is 0. The summed E-state index contributed by atoms with van der Waals surface area (Å²) in [6, 6.07) is 7.04. The number of hydrogen-bond acceptors (Lipinski definition) is 4. The van der Waals surface area contributed by atoms with Crippen LogP contribution in [0.1, 0.15) is 32.1 Å². The summed E-state index contributed by atoms with van der Waals surface area (Å²) in [6.07, 6.45) is 3.41. The van der Waals surface area contributed by atoms with E-state index in [9.17, 15) is 9.59 Å². The van der Waals surface area contributed by atoms with Crippen molar-refractivity contribution in [3.63, 3.8) is 0 Å². The Morgan fingerprint density at radius 3 is 2.56 bits per heavy atom. The summed E-state index contributed by atoms with van der Waals surface area (Å²) in [5.74, 6) is -0.406. The standard InChI is InChI=1S/C18H24N2O5/c21-17(22)12-5-7-13(8-6-12)19-18(23)20-15-3-1-2-4-16(15)25-14-9-10-24-11-14/h1-4,12-14H,5-11H2,(H,21,22)(H2,19,20,23). The summed E-state index contributed by atoms with van der Waals surface area (Å²) in [5, 5.41) is 14.8. The predicted molar refractivity (Wildman–Crippen MR) is 91.8 cm³/mol. The van der Waals surface area contributed by atoms with Crippen LogP contribution in [0, 0.1) is 5.92 Å². The number of hydrogen-bond donors (Lipinski definition) is 3. The smallest absolute Gasteiger partial charge is 0.319 e. The number of benzene rings is 1. The molecule has 2 aliphatic rings. The van der Waals surface area contributed by atoms with Gasteiger partial charge in [0.1, 0.15) is 11.9 Å². The van der Waals surface area contributed by atoms with Gasteiger partial charge in [-0.25, -0.2) is 4.79 Å². The lowest BCUT2D eigenvalue weighted by Crippen LogP contribution is -2.41. The molecule has 0 bridgehead atoms. The Balaban J connectivity index is 1.52. The normalized spacial score (nSPS) is 26.0. The maximum Gasteiger partial charge on any atom is 0.319 e. The van der Waals surface area contributed by atoms with E-state index < -0.39 is 5.97 Å². The molecule has 1 aromatic rings. The Kier molecular flexibility index (Phi) is 5.75. The number of carbonyl (C=O) groups is 2. The Morgan fingerprint density at radius 2 is 1.88 bits per heavy atom. The number of nitrogens with one attached hydrogen (secondary N) is 2. The molecule has 1 unspecified atom stereocenters. The number of anilines is 1. The first-order valence-corrected chi connectivity index (χ1v) is 8.75. The average molecular weight is 348 g/mol. The molecule has 2 amide bonds. The molecule has 7 nitrogen and oxygen atoms in total. The van der Waals surface area contributed by atoms with E-state index in [1.807, 2.05) is 18.2 Å². The molecule has 1 aliphatic carbocycles. The molecule has 1 aliphatic heterocycles. The van der Waals surface area contributed by atoms with E-state index in [4.69, 9.17) is 14.6 Å². The molecule has 0 spiro atoms. The van der Waals surface area contributed by atoms with E-state index >= 15 is 0 Å². The second kappa shape index (κ2) is 8.20. The van der Waals surface area contributed by atoms with Crippen molar-refractivity contribution in [3.8, 4) is 5.75 Å². The number of ether oxygens (including phenoxy) is 2. The number of amides is 2. The topological polar surface area (TPSA) is 96.9 Å². The molecule has 7 heteroatoms. The number of carboxylic acids is 1. The van der Waals surface area contributed by atoms with Crippen LogP contribution >= 0.6 is 0 Å². The zero-order chi connectivity index (χ0) is 17.6. The molecule has 3 N–H and O–H groups in total. The van der Waals surface area contributed by atoms with Gasteiger partial charge in [0, 0.05) is 12.5 Å². The molecule has 1 heterocycles. The number of carboxylic acid groups (broad SMARTS) is 1. The fraction of sp³-hybridized carbons (Fsp3) is 0.556. The highest BCUT2D eigenvalue weighted by Crippen LogP contribution is 2.27. The quantitative estimate of drug-likeness (QED) is 0.760. The Labute approximate surface area is 146 Å². The number of rotatable bonds is 5. The van der Waals surface area contributed by atoms with Crippen molar-refractivity contribution in [2.75, 3.05) is 18.5 Å². The summed E-state index contributed by atoms with van der Waals surface area (Å²) in [5.41, 5.74) is 0.617. The van der Waals surface area contributed by atoms with E-state index in [0.29, 0.717) is 50.3 Å². The fourth-order valence-corrected chi connectivity index (χ4v) is 3.29. The van der Waals surface area contributed by atoms with Crippen molar-refractivity contribution in [2.45, 2.75) is 44.2 Å². The van der Waals surface area contributed by atoms with Crippen LogP contribution in [0.25, 0.3) is 0 Å². The molecule has 1 atom stereocenters. The highest BCUT2D eigenvalue weighted by molar-refractivity contribution is 5.91. The van der Waals surface area contributed by atoms with Crippen molar-refractivity contribution in [1.82, 2.24) is 5.32 Å². The Morgan fingerprint density at radius 1 is 1.12 bits per heavy atom. The lowest BCUT2D eigenvalue weighted by atomic mass is 9.86. The second-order valence-corrected chi connectivity index (χ2v) is 6.58. The van der Waals surface area contributed by atoms with Gasteiger partial charge >= 0.3 is 12.0 Å². The molecule has 0 aromatic heterocycles. The average Bonchev–Trinajstić information content (AvgIpc) is 3.10. The van der Waals surface area contributed by atoms with Crippen LogP contribution < -0.4 is 15.4 Å². The SMILES string of the molecule is O=C(Nc1ccccc1OC1CCOC1)NC1CCC(C(=O)O)CC1. The maximum absolute atomic E-state index is 12.3. The maximum atomic E-state index is 12.3. The van der Waals surface area contributed by atoms with Crippen molar-refractivity contribution in [1.29, 1.82) is 0 Å². The van der Waals surface area contributed by atoms with Crippen LogP contribution in [0.5, 0.6) is 5.75 Å². The van der Waals surface area contributed by atoms with Gasteiger partial charge in [-0.05, 0) is 37.8 Å². The lowest BCUT2D eigenvalue weighted by Gasteiger charge is -2.27. The summed E-state index contributed by atoms with van der Waals surface area (Å²) < 4.78 is 11.2. The van der Waals surface area contributed by atoms with E-state index in [2.05, 4.69) is 10.6 Å². The second-order valence-electron chi connectivity index (χ2n) is 6.58. The van der Waals surface area contributed by atoms with Crippen LogP contribution in [-0.4, -0.2) is 42.5 Å². The van der Waals surface area contributed by atoms with Gasteiger partial charge in [-0.1, -0.05) is 12.1 Å². The Bertz CT molecular complexity index is 607. The van der Waals surface area contributed by atoms with E-state index in [1.165, 1.54) is 0 Å². The molecular weight excluding hydrogens is 324 g/mol. The lowest BCUT2D eigenvalue weighted by molar-refractivity contribution is -0.142. The van der Waals surface area contributed by atoms with Gasteiger partial charge in [0.2, 0.25) is 0 Å². The van der Waals surface area contributed by atoms with Gasteiger partial charge in [-0.15, -0.1) is 0 Å². The minimum atomic E-state index is -0.745. The predicted octanol–water partition coefficient (Wildman–Crippen LogP) is 2.62. The van der Waals surface area contributed by atoms with Crippen molar-refractivity contribution in [2.24, 2.45) is 5.92 Å². The van der Waals surface area contributed by atoms with Crippen molar-refractivity contribution in [3.05, 3.63) is 24.3 Å². The minimum Gasteiger partial charge on any atom is -0.486 e. The van der Waals surface area contributed by atoms with Gasteiger partial charge < -0.3 is 25.2 Å². The van der Waals surface area contributed by atoms with Crippen LogP contribution in [0.2, 0.25) is 0 Å². The zero-order valence-corrected chi connectivity index (χ0v) is 14.1. The van der Waals surface area contributed by atoms with Crippen molar-refractivity contribution >= 4 is 17.7 Å². The van der Waals surface area contributed by atoms with Crippen LogP contribution in [0.3, 0.4) is 0 Å². The first-order chi connectivity index (χ1) is 12.1. The van der Waals surface area contributed by atoms with Crippen LogP contribution in [-0.2, 0) is 9.53 Å². The van der Waals surface area contributed by atoms with Crippen molar-refractivity contribution < 1.29 is 24.2 Å². The minimum absolute atomic E-state index is 0.00640. The Hall–Kier alpha value is -2.28. The zero-order valence-electron chi connectivity index (χ0n) is 14.1. The van der Waals surface area contributed by atoms with E-state index in [1.54, 1.807) is 6.07 Å². The number of urea groups is 1. The van der Waals surface area contributed by atoms with Crippen LogP contribution in [0.4, 0.5) is 10.5 Å². The van der Waals surface area contributed by atoms with Gasteiger partial charge in [0.05, 0.1) is 24.8 Å². The van der Waals surface area contributed by atoms with Crippen LogP contribution in [0.15, 0.2) is 24.3 Å². The first-order valence-electron chi connectivity index (χ1n) is 8.75. The van der Waals surface area contributed by atoms with Gasteiger partial charge in [-0.3, -0.25) is 4.79 Å². The van der Waals surface area contributed by atoms with Gasteiger partial charge in [0.25, 0.3) is 0 Å². The third-order valence-corrected chi connectivity index (χ3v) is 4.73. The third-order valence-electron chi connectivity index (χ3n) is 4.73. The molecule has 1 saturated heterocycles. The molecule has 0 radical (unpaired) electrons. The monoisotopic (exact) mass is 348 g/mol. The molecule has 136 valence electrons. The fourth-order valence-electron chi connectivity index (χ4n) is 3.29. The summed E-state index contributed by atoms with van der Waals surface area (Å²) in [4.78, 5) is 23.2. The summed E-state index contributed by atoms with van der Waals surface area (Å²) in [6.45, 7) is 1.26. The van der Waals surface area contributed by atoms with E-state index in [-0.39, 0.29) is 24.1 Å². The third kappa shape index (κ3) is 4.85. The number of aliphatic carboxylic acids is 1. The molecule has 1 aromatic carbocycles. The number of para-hydroxylation sites is 2. The van der Waals surface area contributed by atoms with Gasteiger partial charge in [-0.2, -0.15) is 0 Å². The largest absolute Gasteiger partial charge is 0.486 e.